The van der Waals surface area contributed by atoms with E-state index in [0.29, 0.717) is 0 Å². The second-order valence-electron chi connectivity index (χ2n) is 5.96. The minimum absolute atomic E-state index is 0.0551. The topological polar surface area (TPSA) is 125 Å². The molecule has 1 aliphatic rings. The largest absolute Gasteiger partial charge is 0.389 e. The monoisotopic (exact) mass is 357 g/mol. The highest BCUT2D eigenvalue weighted by molar-refractivity contribution is 8.05. The van der Waals surface area contributed by atoms with Gasteiger partial charge in [0.15, 0.2) is 10.6 Å². The van der Waals surface area contributed by atoms with Gasteiger partial charge in [0.2, 0.25) is 15.7 Å². The summed E-state index contributed by atoms with van der Waals surface area (Å²) in [5.74, 6) is -1.67. The molecule has 0 radical (unpaired) electrons. The number of sulfone groups is 1. The molecule has 1 aliphatic heterocycles. The highest BCUT2D eigenvalue weighted by Gasteiger charge is 2.37. The Hall–Kier alpha value is -2.56. The third-order valence-electron chi connectivity index (χ3n) is 3.47. The first kappa shape index (κ1) is 16.3. The number of fused-ring (bicyclic) bond motifs is 1. The van der Waals surface area contributed by atoms with Crippen molar-refractivity contribution in [1.82, 2.24) is 5.16 Å². The van der Waals surface area contributed by atoms with Crippen molar-refractivity contribution in [2.75, 3.05) is 0 Å². The van der Waals surface area contributed by atoms with E-state index >= 15 is 0 Å². The quantitative estimate of drug-likeness (QED) is 0.609. The van der Waals surface area contributed by atoms with Crippen LogP contribution in [-0.4, -0.2) is 29.1 Å². The van der Waals surface area contributed by atoms with Gasteiger partial charge in [-0.2, -0.15) is 4.39 Å². The molecule has 0 N–H and O–H groups in total. The molecule has 0 fully saturated rings. The second-order valence-corrected chi connectivity index (χ2v) is 7.95. The summed E-state index contributed by atoms with van der Waals surface area (Å²) in [6, 6.07) is 1.71. The number of nitrogens with zero attached hydrogens (tertiary/aromatic N) is 3. The first-order valence-electron chi connectivity index (χ1n) is 6.79. The highest BCUT2D eigenvalue weighted by Crippen LogP contribution is 2.30. The Labute approximate surface area is 135 Å². The fourth-order valence-electron chi connectivity index (χ4n) is 2.28. The van der Waals surface area contributed by atoms with Crippen molar-refractivity contribution < 1.29 is 27.1 Å². The Bertz CT molecular complexity index is 979. The molecular formula is C13H12FN3O6S. The Morgan fingerprint density at radius 3 is 2.71 bits per heavy atom. The van der Waals surface area contributed by atoms with Gasteiger partial charge >= 0.3 is 5.69 Å². The van der Waals surface area contributed by atoms with Gasteiger partial charge in [-0.1, -0.05) is 10.3 Å². The third kappa shape index (κ3) is 2.82. The van der Waals surface area contributed by atoms with E-state index in [1.54, 1.807) is 13.8 Å². The van der Waals surface area contributed by atoms with Crippen LogP contribution in [0.2, 0.25) is 0 Å². The van der Waals surface area contributed by atoms with Gasteiger partial charge in [-0.15, -0.1) is 0 Å². The number of nitro benzene ring substituents is 1. The molecule has 0 spiro atoms. The molecule has 0 amide bonds. The molecule has 0 unspecified atom stereocenters. The van der Waals surface area contributed by atoms with Crippen LogP contribution >= 0.6 is 0 Å². The lowest BCUT2D eigenvalue weighted by Crippen LogP contribution is -2.23. The van der Waals surface area contributed by atoms with Crippen LogP contribution < -0.4 is 0 Å². The summed E-state index contributed by atoms with van der Waals surface area (Å²) in [5, 5.41) is 17.9. The molecule has 0 saturated carbocycles. The summed E-state index contributed by atoms with van der Waals surface area (Å²) in [6.07, 6.45) is 0.0971. The van der Waals surface area contributed by atoms with Crippen LogP contribution in [0.15, 0.2) is 21.8 Å². The van der Waals surface area contributed by atoms with Gasteiger partial charge in [0.25, 0.3) is 0 Å². The van der Waals surface area contributed by atoms with E-state index in [4.69, 9.17) is 9.36 Å². The maximum absolute atomic E-state index is 13.6. The number of aromatic nitrogens is 1. The second kappa shape index (κ2) is 5.23. The Morgan fingerprint density at radius 2 is 2.12 bits per heavy atom. The molecule has 2 heterocycles. The molecule has 0 atom stereocenters. The van der Waals surface area contributed by atoms with Gasteiger partial charge in [-0.05, 0) is 13.8 Å². The number of halogens is 1. The molecule has 24 heavy (non-hydrogen) atoms. The fraction of sp³-hybridized carbons (Fsp3) is 0.385. The van der Waals surface area contributed by atoms with E-state index in [0.717, 1.165) is 12.1 Å². The van der Waals surface area contributed by atoms with Gasteiger partial charge in [0.1, 0.15) is 17.0 Å². The summed E-state index contributed by atoms with van der Waals surface area (Å²) in [5.41, 5.74) is -1.64. The van der Waals surface area contributed by atoms with Crippen LogP contribution in [0.3, 0.4) is 0 Å². The van der Waals surface area contributed by atoms with E-state index < -0.39 is 37.6 Å². The number of hydrogen-bond acceptors (Lipinski definition) is 8. The molecule has 2 aromatic rings. The minimum atomic E-state index is -3.85. The SMILES string of the molecule is CC1(C)CC(S(=O)(=O)Cc2noc3cc(F)c([N+](=O)[O-])cc23)=NO1. The Kier molecular flexibility index (Phi) is 3.55. The summed E-state index contributed by atoms with van der Waals surface area (Å²) >= 11 is 0. The molecule has 3 rings (SSSR count). The standard InChI is InChI=1S/C13H12FN3O6S/c1-13(2)5-12(16-23-13)24(20,21)6-9-7-3-10(17(18)19)8(14)4-11(7)22-15-9/h3-4H,5-6H2,1-2H3. The Balaban J connectivity index is 1.99. The maximum atomic E-state index is 13.6. The van der Waals surface area contributed by atoms with Gasteiger partial charge in [-0.3, -0.25) is 10.1 Å². The summed E-state index contributed by atoms with van der Waals surface area (Å²) < 4.78 is 43.3. The number of hydrogen-bond donors (Lipinski definition) is 0. The zero-order valence-corrected chi connectivity index (χ0v) is 13.5. The third-order valence-corrected chi connectivity index (χ3v) is 5.06. The average Bonchev–Trinajstić information content (AvgIpc) is 3.01. The molecule has 9 nitrogen and oxygen atoms in total. The van der Waals surface area contributed by atoms with E-state index in [9.17, 15) is 22.9 Å². The summed E-state index contributed by atoms with van der Waals surface area (Å²) in [7, 11) is -3.85. The van der Waals surface area contributed by atoms with E-state index in [2.05, 4.69) is 10.3 Å². The van der Waals surface area contributed by atoms with E-state index in [1.807, 2.05) is 0 Å². The van der Waals surface area contributed by atoms with Crippen LogP contribution in [0.25, 0.3) is 11.0 Å². The lowest BCUT2D eigenvalue weighted by Gasteiger charge is -2.13. The molecule has 0 aliphatic carbocycles. The fourth-order valence-corrected chi connectivity index (χ4v) is 3.73. The summed E-state index contributed by atoms with van der Waals surface area (Å²) in [6.45, 7) is 3.38. The first-order chi connectivity index (χ1) is 11.1. The van der Waals surface area contributed by atoms with Crippen LogP contribution in [0.4, 0.5) is 10.1 Å². The van der Waals surface area contributed by atoms with Crippen molar-refractivity contribution in [3.05, 3.63) is 33.8 Å². The van der Waals surface area contributed by atoms with Crippen molar-refractivity contribution in [3.8, 4) is 0 Å². The normalized spacial score (nSPS) is 16.9. The van der Waals surface area contributed by atoms with Crippen LogP contribution in [0.5, 0.6) is 0 Å². The minimum Gasteiger partial charge on any atom is -0.389 e. The van der Waals surface area contributed by atoms with E-state index in [-0.39, 0.29) is 28.1 Å². The molecule has 1 aromatic heterocycles. The summed E-state index contributed by atoms with van der Waals surface area (Å²) in [4.78, 5) is 15.0. The van der Waals surface area contributed by atoms with Gasteiger partial charge in [0.05, 0.1) is 10.3 Å². The predicted molar refractivity (Wildman–Crippen MR) is 80.5 cm³/mol. The van der Waals surface area contributed by atoms with Gasteiger partial charge in [-0.25, -0.2) is 8.42 Å². The van der Waals surface area contributed by atoms with Gasteiger partial charge in [0, 0.05) is 18.6 Å². The van der Waals surface area contributed by atoms with Crippen molar-refractivity contribution in [2.45, 2.75) is 31.6 Å². The lowest BCUT2D eigenvalue weighted by atomic mass is 10.1. The zero-order valence-electron chi connectivity index (χ0n) is 12.6. The number of nitro groups is 1. The first-order valence-corrected chi connectivity index (χ1v) is 8.44. The lowest BCUT2D eigenvalue weighted by molar-refractivity contribution is -0.387. The average molecular weight is 357 g/mol. The van der Waals surface area contributed by atoms with Crippen molar-refractivity contribution in [3.63, 3.8) is 0 Å². The Morgan fingerprint density at radius 1 is 1.42 bits per heavy atom. The molecule has 0 saturated heterocycles. The van der Waals surface area contributed by atoms with Crippen LogP contribution in [0, 0.1) is 15.9 Å². The van der Waals surface area contributed by atoms with Crippen LogP contribution in [-0.2, 0) is 20.4 Å². The predicted octanol–water partition coefficient (Wildman–Crippen LogP) is 2.30. The number of oxime groups is 1. The molecule has 1 aromatic carbocycles. The molecule has 128 valence electrons. The highest BCUT2D eigenvalue weighted by atomic mass is 32.2. The van der Waals surface area contributed by atoms with Gasteiger partial charge < -0.3 is 9.36 Å². The van der Waals surface area contributed by atoms with Crippen molar-refractivity contribution in [1.29, 1.82) is 0 Å². The van der Waals surface area contributed by atoms with E-state index in [1.165, 1.54) is 0 Å². The molecular weight excluding hydrogens is 345 g/mol. The van der Waals surface area contributed by atoms with Crippen molar-refractivity contribution >= 4 is 31.5 Å². The molecule has 11 heteroatoms. The zero-order chi connectivity index (χ0) is 17.7. The smallest absolute Gasteiger partial charge is 0.305 e. The van der Waals surface area contributed by atoms with Crippen LogP contribution in [0.1, 0.15) is 26.0 Å². The molecule has 0 bridgehead atoms. The number of rotatable bonds is 3. The maximum Gasteiger partial charge on any atom is 0.305 e. The number of benzene rings is 1. The van der Waals surface area contributed by atoms with Crippen molar-refractivity contribution in [2.24, 2.45) is 5.16 Å².